The monoisotopic (exact) mass is 273 g/mol. The Morgan fingerprint density at radius 2 is 1.84 bits per heavy atom. The molecule has 2 amide bonds. The number of ether oxygens (including phenoxy) is 1. The second-order valence-corrected chi connectivity index (χ2v) is 4.39. The molecule has 1 atom stereocenters. The van der Waals surface area contributed by atoms with E-state index in [1.54, 1.807) is 19.0 Å². The quantitative estimate of drug-likeness (QED) is 0.607. The zero-order chi connectivity index (χ0) is 15.0. The van der Waals surface area contributed by atoms with Gasteiger partial charge >= 0.3 is 5.97 Å². The molecule has 1 N–H and O–H groups in total. The van der Waals surface area contributed by atoms with Gasteiger partial charge in [0.2, 0.25) is 11.8 Å². The first kappa shape index (κ1) is 17.4. The highest BCUT2D eigenvalue weighted by molar-refractivity contribution is 5.83. The molecule has 0 rings (SSSR count). The lowest BCUT2D eigenvalue weighted by molar-refractivity contribution is -0.145. The van der Waals surface area contributed by atoms with E-state index in [-0.39, 0.29) is 24.9 Å². The van der Waals surface area contributed by atoms with Crippen molar-refractivity contribution in [3.05, 3.63) is 0 Å². The van der Waals surface area contributed by atoms with Gasteiger partial charge in [-0.05, 0) is 6.54 Å². The number of nitrogens with zero attached hydrogens (tertiary/aromatic N) is 2. The van der Waals surface area contributed by atoms with Gasteiger partial charge in [-0.25, -0.2) is 4.79 Å². The van der Waals surface area contributed by atoms with E-state index in [9.17, 15) is 14.4 Å². The second kappa shape index (κ2) is 8.47. The standard InChI is InChI=1S/C12H23N3O4/c1-6-15(8-11(17)14(3)4)7-10(12(18)19-5)13-9(2)16/h10H,6-8H2,1-5H3,(H,13,16). The minimum absolute atomic E-state index is 0.0618. The number of carbonyl (C=O) groups excluding carboxylic acids is 3. The lowest BCUT2D eigenvalue weighted by Crippen LogP contribution is -2.50. The molecular weight excluding hydrogens is 250 g/mol. The fraction of sp³-hybridized carbons (Fsp3) is 0.750. The SMILES string of the molecule is CCN(CC(=O)N(C)C)CC(NC(C)=O)C(=O)OC. The summed E-state index contributed by atoms with van der Waals surface area (Å²) in [4.78, 5) is 37.5. The smallest absolute Gasteiger partial charge is 0.329 e. The Labute approximate surface area is 113 Å². The summed E-state index contributed by atoms with van der Waals surface area (Å²) in [7, 11) is 4.60. The zero-order valence-corrected chi connectivity index (χ0v) is 12.2. The van der Waals surface area contributed by atoms with Crippen molar-refractivity contribution < 1.29 is 19.1 Å². The van der Waals surface area contributed by atoms with Crippen LogP contribution in [0.4, 0.5) is 0 Å². The molecule has 19 heavy (non-hydrogen) atoms. The van der Waals surface area contributed by atoms with Crippen LogP contribution in [0.5, 0.6) is 0 Å². The van der Waals surface area contributed by atoms with Gasteiger partial charge in [0, 0.05) is 27.6 Å². The Morgan fingerprint density at radius 3 is 2.21 bits per heavy atom. The topological polar surface area (TPSA) is 79.0 Å². The maximum Gasteiger partial charge on any atom is 0.329 e. The molecule has 0 aromatic heterocycles. The molecule has 0 aliphatic carbocycles. The van der Waals surface area contributed by atoms with Crippen molar-refractivity contribution in [2.24, 2.45) is 0 Å². The Bertz CT molecular complexity index is 331. The van der Waals surface area contributed by atoms with Crippen molar-refractivity contribution in [3.63, 3.8) is 0 Å². The third-order valence-corrected chi connectivity index (χ3v) is 2.61. The Balaban J connectivity index is 4.63. The first-order valence-electron chi connectivity index (χ1n) is 6.09. The van der Waals surface area contributed by atoms with E-state index in [0.717, 1.165) is 0 Å². The fourth-order valence-corrected chi connectivity index (χ4v) is 1.46. The molecule has 0 spiro atoms. The molecule has 0 aliphatic heterocycles. The van der Waals surface area contributed by atoms with Gasteiger partial charge in [-0.15, -0.1) is 0 Å². The van der Waals surface area contributed by atoms with Gasteiger partial charge < -0.3 is 15.0 Å². The molecule has 0 saturated carbocycles. The maximum absolute atomic E-state index is 11.6. The van der Waals surface area contributed by atoms with Gasteiger partial charge in [-0.3, -0.25) is 14.5 Å². The number of carbonyl (C=O) groups is 3. The van der Waals surface area contributed by atoms with Crippen molar-refractivity contribution in [3.8, 4) is 0 Å². The summed E-state index contributed by atoms with van der Waals surface area (Å²) in [6.07, 6.45) is 0. The highest BCUT2D eigenvalue weighted by atomic mass is 16.5. The number of esters is 1. The van der Waals surface area contributed by atoms with Crippen molar-refractivity contribution >= 4 is 17.8 Å². The molecular formula is C12H23N3O4. The number of hydrogen-bond acceptors (Lipinski definition) is 5. The van der Waals surface area contributed by atoms with E-state index in [2.05, 4.69) is 10.1 Å². The third kappa shape index (κ3) is 6.76. The largest absolute Gasteiger partial charge is 0.467 e. The van der Waals surface area contributed by atoms with Crippen LogP contribution in [0.15, 0.2) is 0 Å². The molecule has 0 aliphatic rings. The summed E-state index contributed by atoms with van der Waals surface area (Å²) in [5.74, 6) is -0.898. The van der Waals surface area contributed by atoms with Crippen LogP contribution in [-0.2, 0) is 19.1 Å². The van der Waals surface area contributed by atoms with Gasteiger partial charge in [-0.2, -0.15) is 0 Å². The van der Waals surface area contributed by atoms with Crippen LogP contribution < -0.4 is 5.32 Å². The number of hydrogen-bond donors (Lipinski definition) is 1. The van der Waals surface area contributed by atoms with E-state index in [1.807, 2.05) is 6.92 Å². The average Bonchev–Trinajstić information content (AvgIpc) is 2.34. The highest BCUT2D eigenvalue weighted by Crippen LogP contribution is 1.97. The summed E-state index contributed by atoms with van der Waals surface area (Å²) in [6.45, 7) is 4.23. The average molecular weight is 273 g/mol. The lowest BCUT2D eigenvalue weighted by atomic mass is 10.2. The predicted octanol–water partition coefficient (Wildman–Crippen LogP) is -0.926. The number of rotatable bonds is 7. The fourth-order valence-electron chi connectivity index (χ4n) is 1.46. The molecule has 0 aromatic carbocycles. The first-order valence-corrected chi connectivity index (χ1v) is 6.09. The van der Waals surface area contributed by atoms with Gasteiger partial charge in [0.1, 0.15) is 6.04 Å². The number of amides is 2. The highest BCUT2D eigenvalue weighted by Gasteiger charge is 2.24. The Hall–Kier alpha value is -1.63. The van der Waals surface area contributed by atoms with E-state index in [0.29, 0.717) is 6.54 Å². The first-order chi connectivity index (χ1) is 8.81. The molecule has 0 aromatic rings. The van der Waals surface area contributed by atoms with Gasteiger partial charge in [0.25, 0.3) is 0 Å². The minimum atomic E-state index is -0.766. The van der Waals surface area contributed by atoms with E-state index in [1.165, 1.54) is 18.9 Å². The Kier molecular flexibility index (Phi) is 7.74. The Morgan fingerprint density at radius 1 is 1.26 bits per heavy atom. The third-order valence-electron chi connectivity index (χ3n) is 2.61. The molecule has 1 unspecified atom stereocenters. The molecule has 7 heteroatoms. The number of likely N-dealkylation sites (N-methyl/N-ethyl adjacent to an activating group) is 2. The molecule has 0 bridgehead atoms. The summed E-state index contributed by atoms with van der Waals surface area (Å²) in [5.41, 5.74) is 0. The molecule has 7 nitrogen and oxygen atoms in total. The van der Waals surface area contributed by atoms with Gasteiger partial charge in [0.15, 0.2) is 0 Å². The van der Waals surface area contributed by atoms with Crippen molar-refractivity contribution in [2.45, 2.75) is 19.9 Å². The molecule has 0 radical (unpaired) electrons. The van der Waals surface area contributed by atoms with Crippen LogP contribution >= 0.6 is 0 Å². The molecule has 0 saturated heterocycles. The second-order valence-electron chi connectivity index (χ2n) is 4.39. The van der Waals surface area contributed by atoms with Crippen LogP contribution in [0, 0.1) is 0 Å². The summed E-state index contributed by atoms with van der Waals surface area (Å²) in [5, 5.41) is 2.52. The van der Waals surface area contributed by atoms with Crippen LogP contribution in [0.1, 0.15) is 13.8 Å². The van der Waals surface area contributed by atoms with E-state index < -0.39 is 12.0 Å². The molecule has 110 valence electrons. The number of nitrogens with one attached hydrogen (secondary N) is 1. The summed E-state index contributed by atoms with van der Waals surface area (Å²) in [6, 6.07) is -0.766. The number of methoxy groups -OCH3 is 1. The molecule has 0 heterocycles. The normalized spacial score (nSPS) is 11.9. The van der Waals surface area contributed by atoms with Crippen LogP contribution in [0.2, 0.25) is 0 Å². The zero-order valence-electron chi connectivity index (χ0n) is 12.2. The minimum Gasteiger partial charge on any atom is -0.467 e. The van der Waals surface area contributed by atoms with E-state index >= 15 is 0 Å². The van der Waals surface area contributed by atoms with Crippen LogP contribution in [0.3, 0.4) is 0 Å². The van der Waals surface area contributed by atoms with Gasteiger partial charge in [0.05, 0.1) is 13.7 Å². The molecule has 0 fully saturated rings. The predicted molar refractivity (Wildman–Crippen MR) is 70.4 cm³/mol. The van der Waals surface area contributed by atoms with E-state index in [4.69, 9.17) is 0 Å². The van der Waals surface area contributed by atoms with Crippen LogP contribution in [0.25, 0.3) is 0 Å². The van der Waals surface area contributed by atoms with Gasteiger partial charge in [-0.1, -0.05) is 6.92 Å². The van der Waals surface area contributed by atoms with Crippen molar-refractivity contribution in [1.29, 1.82) is 0 Å². The summed E-state index contributed by atoms with van der Waals surface area (Å²) >= 11 is 0. The van der Waals surface area contributed by atoms with Crippen molar-refractivity contribution in [1.82, 2.24) is 15.1 Å². The lowest BCUT2D eigenvalue weighted by Gasteiger charge is -2.25. The summed E-state index contributed by atoms with van der Waals surface area (Å²) < 4.78 is 4.64. The van der Waals surface area contributed by atoms with Crippen molar-refractivity contribution in [2.75, 3.05) is 40.8 Å². The van der Waals surface area contributed by atoms with Crippen LogP contribution in [-0.4, -0.2) is 74.5 Å². The maximum atomic E-state index is 11.6.